The van der Waals surface area contributed by atoms with Crippen molar-refractivity contribution in [2.75, 3.05) is 0 Å². The summed E-state index contributed by atoms with van der Waals surface area (Å²) in [6.07, 6.45) is 3.65. The van der Waals surface area contributed by atoms with Gasteiger partial charge in [-0.15, -0.1) is 0 Å². The Balaban J connectivity index is 1.77. The molecule has 0 spiro atoms. The normalized spacial score (nSPS) is 11.4. The van der Waals surface area contributed by atoms with Crippen LogP contribution in [0.4, 0.5) is 0 Å². The Morgan fingerprint density at radius 1 is 1.00 bits per heavy atom. The second kappa shape index (κ2) is 8.18. The van der Waals surface area contributed by atoms with E-state index in [0.717, 1.165) is 22.0 Å². The zero-order chi connectivity index (χ0) is 20.2. The highest BCUT2D eigenvalue weighted by Gasteiger charge is 2.14. The largest absolute Gasteiger partial charge is 0.342 e. The lowest BCUT2D eigenvalue weighted by atomic mass is 10.0. The van der Waals surface area contributed by atoms with Gasteiger partial charge < -0.3 is 4.57 Å². The summed E-state index contributed by atoms with van der Waals surface area (Å²) < 4.78 is 2.11. The maximum absolute atomic E-state index is 12.7. The molecular weight excluding hydrogens is 380 g/mol. The smallest absolute Gasteiger partial charge is 0.203 e. The van der Waals surface area contributed by atoms with Crippen molar-refractivity contribution >= 4 is 34.4 Å². The summed E-state index contributed by atoms with van der Waals surface area (Å²) in [6.45, 7) is 0.642. The van der Waals surface area contributed by atoms with Crippen LogP contribution in [-0.2, 0) is 6.54 Å². The molecule has 0 aliphatic heterocycles. The molecule has 0 bridgehead atoms. The van der Waals surface area contributed by atoms with E-state index >= 15 is 0 Å². The Kier molecular flexibility index (Phi) is 5.29. The molecule has 0 aliphatic rings. The fourth-order valence-electron chi connectivity index (χ4n) is 3.40. The second-order valence-electron chi connectivity index (χ2n) is 6.72. The average Bonchev–Trinajstić information content (AvgIpc) is 3.09. The Morgan fingerprint density at radius 3 is 2.52 bits per heavy atom. The van der Waals surface area contributed by atoms with E-state index in [1.807, 2.05) is 60.8 Å². The Bertz CT molecular complexity index is 1260. The summed E-state index contributed by atoms with van der Waals surface area (Å²) in [5.41, 5.74) is 3.56. The van der Waals surface area contributed by atoms with Crippen molar-refractivity contribution in [3.05, 3.63) is 112 Å². The van der Waals surface area contributed by atoms with Crippen LogP contribution in [0.15, 0.2) is 90.6 Å². The number of nitriles is 1. The number of hydrogen-bond donors (Lipinski definition) is 0. The molecule has 0 N–H and O–H groups in total. The van der Waals surface area contributed by atoms with Gasteiger partial charge in [-0.1, -0.05) is 72.3 Å². The second-order valence-corrected chi connectivity index (χ2v) is 7.16. The van der Waals surface area contributed by atoms with Crippen molar-refractivity contribution in [1.29, 1.82) is 5.26 Å². The first-order valence-electron chi connectivity index (χ1n) is 9.19. The van der Waals surface area contributed by atoms with Crippen LogP contribution in [0.2, 0.25) is 5.02 Å². The van der Waals surface area contributed by atoms with Crippen LogP contribution in [0.3, 0.4) is 0 Å². The zero-order valence-electron chi connectivity index (χ0n) is 15.5. The van der Waals surface area contributed by atoms with Gasteiger partial charge in [-0.2, -0.15) is 5.26 Å². The van der Waals surface area contributed by atoms with Crippen LogP contribution in [0.5, 0.6) is 0 Å². The molecule has 0 saturated heterocycles. The van der Waals surface area contributed by atoms with E-state index in [2.05, 4.69) is 10.6 Å². The van der Waals surface area contributed by atoms with E-state index in [9.17, 15) is 10.1 Å². The van der Waals surface area contributed by atoms with Gasteiger partial charge in [0.1, 0.15) is 11.6 Å². The molecule has 4 aromatic rings. The van der Waals surface area contributed by atoms with Crippen LogP contribution >= 0.6 is 11.6 Å². The number of para-hydroxylation sites is 1. The van der Waals surface area contributed by atoms with Crippen LogP contribution in [0.25, 0.3) is 17.0 Å². The Morgan fingerprint density at radius 2 is 1.76 bits per heavy atom. The van der Waals surface area contributed by atoms with E-state index in [1.165, 1.54) is 0 Å². The monoisotopic (exact) mass is 396 g/mol. The number of carbonyl (C=O) groups is 1. The molecule has 0 aliphatic carbocycles. The molecule has 0 fully saturated rings. The summed E-state index contributed by atoms with van der Waals surface area (Å²) in [6, 6.07) is 26.6. The maximum atomic E-state index is 12.7. The maximum Gasteiger partial charge on any atom is 0.203 e. The van der Waals surface area contributed by atoms with Gasteiger partial charge in [0, 0.05) is 39.8 Å². The van der Waals surface area contributed by atoms with Gasteiger partial charge in [-0.25, -0.2) is 0 Å². The van der Waals surface area contributed by atoms with E-state index in [0.29, 0.717) is 17.1 Å². The van der Waals surface area contributed by atoms with Crippen molar-refractivity contribution in [2.45, 2.75) is 6.54 Å². The molecule has 4 heteroatoms. The molecule has 0 radical (unpaired) electrons. The van der Waals surface area contributed by atoms with Gasteiger partial charge in [0.2, 0.25) is 5.78 Å². The van der Waals surface area contributed by atoms with Gasteiger partial charge in [-0.05, 0) is 29.8 Å². The molecule has 29 heavy (non-hydrogen) atoms. The first-order valence-corrected chi connectivity index (χ1v) is 9.57. The molecule has 0 atom stereocenters. The number of rotatable bonds is 5. The van der Waals surface area contributed by atoms with E-state index in [1.54, 1.807) is 30.3 Å². The molecule has 1 heterocycles. The van der Waals surface area contributed by atoms with Crippen LogP contribution in [0.1, 0.15) is 21.5 Å². The lowest BCUT2D eigenvalue weighted by molar-refractivity contribution is 0.104. The lowest BCUT2D eigenvalue weighted by Crippen LogP contribution is -2.01. The highest BCUT2D eigenvalue weighted by Crippen LogP contribution is 2.25. The zero-order valence-corrected chi connectivity index (χ0v) is 16.3. The van der Waals surface area contributed by atoms with Crippen LogP contribution in [-0.4, -0.2) is 10.4 Å². The number of allylic oxidation sites excluding steroid dienone is 1. The van der Waals surface area contributed by atoms with Crippen molar-refractivity contribution in [2.24, 2.45) is 0 Å². The highest BCUT2D eigenvalue weighted by molar-refractivity contribution is 6.30. The molecule has 140 valence electrons. The standard InChI is InChI=1S/C25H17ClN2O/c26-22-10-6-7-18(13-22)16-28-17-21(23-11-4-5-12-24(23)28)14-20(15-27)25(29)19-8-2-1-3-9-19/h1-14,17H,16H2. The van der Waals surface area contributed by atoms with Gasteiger partial charge >= 0.3 is 0 Å². The first-order chi connectivity index (χ1) is 14.2. The Hall–Kier alpha value is -3.61. The molecular formula is C25H17ClN2O. The highest BCUT2D eigenvalue weighted by atomic mass is 35.5. The third-order valence-corrected chi connectivity index (χ3v) is 5.00. The number of Topliss-reactive ketones (excluding diaryl/α,β-unsaturated/α-hetero) is 1. The number of halogens is 1. The minimum atomic E-state index is -0.278. The third-order valence-electron chi connectivity index (χ3n) is 4.76. The summed E-state index contributed by atoms with van der Waals surface area (Å²) >= 11 is 6.12. The summed E-state index contributed by atoms with van der Waals surface area (Å²) in [5.74, 6) is -0.278. The molecule has 1 aromatic heterocycles. The van der Waals surface area contributed by atoms with Gasteiger partial charge in [0.05, 0.1) is 0 Å². The number of nitrogens with zero attached hydrogens (tertiary/aromatic N) is 2. The molecule has 0 saturated carbocycles. The predicted molar refractivity (Wildman–Crippen MR) is 117 cm³/mol. The number of benzene rings is 3. The van der Waals surface area contributed by atoms with Gasteiger partial charge in [0.15, 0.2) is 0 Å². The van der Waals surface area contributed by atoms with Crippen molar-refractivity contribution in [1.82, 2.24) is 4.57 Å². The summed E-state index contributed by atoms with van der Waals surface area (Å²) in [7, 11) is 0. The molecule has 3 nitrogen and oxygen atoms in total. The minimum absolute atomic E-state index is 0.113. The average molecular weight is 397 g/mol. The van der Waals surface area contributed by atoms with Gasteiger partial charge in [0.25, 0.3) is 0 Å². The van der Waals surface area contributed by atoms with Crippen LogP contribution < -0.4 is 0 Å². The fraction of sp³-hybridized carbons (Fsp3) is 0.0400. The third kappa shape index (κ3) is 3.99. The van der Waals surface area contributed by atoms with Crippen molar-refractivity contribution < 1.29 is 4.79 Å². The lowest BCUT2D eigenvalue weighted by Gasteiger charge is -2.05. The molecule has 0 unspecified atom stereocenters. The number of ketones is 1. The fourth-order valence-corrected chi connectivity index (χ4v) is 3.62. The number of hydrogen-bond acceptors (Lipinski definition) is 2. The predicted octanol–water partition coefficient (Wildman–Crippen LogP) is 6.13. The number of carbonyl (C=O) groups excluding carboxylic acids is 1. The Labute approximate surface area is 174 Å². The first kappa shape index (κ1) is 18.7. The summed E-state index contributed by atoms with van der Waals surface area (Å²) in [5, 5.41) is 11.3. The molecule has 3 aromatic carbocycles. The van der Waals surface area contributed by atoms with Crippen LogP contribution in [0, 0.1) is 11.3 Å². The minimum Gasteiger partial charge on any atom is -0.342 e. The topological polar surface area (TPSA) is 45.8 Å². The quantitative estimate of drug-likeness (QED) is 0.231. The number of fused-ring (bicyclic) bond motifs is 1. The van der Waals surface area contributed by atoms with E-state index < -0.39 is 0 Å². The van der Waals surface area contributed by atoms with Crippen molar-refractivity contribution in [3.8, 4) is 6.07 Å². The van der Waals surface area contributed by atoms with Gasteiger partial charge in [-0.3, -0.25) is 4.79 Å². The van der Waals surface area contributed by atoms with Crippen molar-refractivity contribution in [3.63, 3.8) is 0 Å². The SMILES string of the molecule is N#CC(=Cc1cn(Cc2cccc(Cl)c2)c2ccccc12)C(=O)c1ccccc1. The molecule has 4 rings (SSSR count). The van der Waals surface area contributed by atoms with E-state index in [-0.39, 0.29) is 11.4 Å². The van der Waals surface area contributed by atoms with E-state index in [4.69, 9.17) is 11.6 Å². The summed E-state index contributed by atoms with van der Waals surface area (Å²) in [4.78, 5) is 12.7. The molecule has 0 amide bonds. The number of aromatic nitrogens is 1.